The van der Waals surface area contributed by atoms with Gasteiger partial charge >= 0.3 is 5.97 Å². The minimum atomic E-state index is -0.966. The number of carbonyl (C=O) groups is 3. The zero-order valence-electron chi connectivity index (χ0n) is 16.3. The lowest BCUT2D eigenvalue weighted by Crippen LogP contribution is -2.34. The number of hydrogen-bond acceptors (Lipinski definition) is 4. The number of benzene rings is 2. The van der Waals surface area contributed by atoms with Gasteiger partial charge in [-0.15, -0.1) is 0 Å². The van der Waals surface area contributed by atoms with Crippen LogP contribution in [-0.4, -0.2) is 42.6 Å². The van der Waals surface area contributed by atoms with Gasteiger partial charge < -0.3 is 20.1 Å². The standard InChI is InChI=1S/C22H24N2O5/c1-2-29-19-6-4-3-5-18(19)24-14-17(13-20(24)25)21(26)23-12-11-15-7-9-16(10-8-15)22(27)28/h3-10,17H,2,11-14H2,1H3,(H,23,26)(H,27,28). The number of nitrogens with one attached hydrogen (secondary N) is 1. The van der Waals surface area contributed by atoms with E-state index in [1.807, 2.05) is 31.2 Å². The maximum absolute atomic E-state index is 12.5. The Balaban J connectivity index is 1.54. The Morgan fingerprint density at radius 1 is 1.17 bits per heavy atom. The lowest BCUT2D eigenvalue weighted by Gasteiger charge is -2.20. The van der Waals surface area contributed by atoms with Crippen molar-refractivity contribution in [1.82, 2.24) is 5.32 Å². The normalized spacial score (nSPS) is 16.0. The third-order valence-corrected chi connectivity index (χ3v) is 4.87. The molecule has 1 heterocycles. The number of nitrogens with zero attached hydrogens (tertiary/aromatic N) is 1. The summed E-state index contributed by atoms with van der Waals surface area (Å²) in [5.41, 5.74) is 1.85. The Morgan fingerprint density at radius 3 is 2.59 bits per heavy atom. The first kappa shape index (κ1) is 20.4. The van der Waals surface area contributed by atoms with Crippen molar-refractivity contribution in [3.63, 3.8) is 0 Å². The number of carbonyl (C=O) groups excluding carboxylic acids is 2. The van der Waals surface area contributed by atoms with E-state index in [9.17, 15) is 14.4 Å². The monoisotopic (exact) mass is 396 g/mol. The van der Waals surface area contributed by atoms with Gasteiger partial charge in [0.15, 0.2) is 0 Å². The molecular weight excluding hydrogens is 372 g/mol. The van der Waals surface area contributed by atoms with Gasteiger partial charge in [0, 0.05) is 19.5 Å². The molecule has 2 aromatic rings. The van der Waals surface area contributed by atoms with Gasteiger partial charge in [-0.2, -0.15) is 0 Å². The second-order valence-electron chi connectivity index (χ2n) is 6.85. The van der Waals surface area contributed by atoms with Gasteiger partial charge in [0.25, 0.3) is 0 Å². The minimum Gasteiger partial charge on any atom is -0.492 e. The van der Waals surface area contributed by atoms with Gasteiger partial charge in [-0.05, 0) is 43.2 Å². The summed E-state index contributed by atoms with van der Waals surface area (Å²) in [5.74, 6) is -0.995. The van der Waals surface area contributed by atoms with E-state index in [0.717, 1.165) is 5.56 Å². The molecule has 1 aliphatic heterocycles. The molecule has 1 saturated heterocycles. The Morgan fingerprint density at radius 2 is 1.90 bits per heavy atom. The summed E-state index contributed by atoms with van der Waals surface area (Å²) in [6.45, 7) is 3.12. The third-order valence-electron chi connectivity index (χ3n) is 4.87. The molecule has 0 spiro atoms. The highest BCUT2D eigenvalue weighted by Crippen LogP contribution is 2.33. The number of carboxylic acid groups (broad SMARTS) is 1. The summed E-state index contributed by atoms with van der Waals surface area (Å²) in [7, 11) is 0. The molecule has 1 atom stereocenters. The molecule has 2 N–H and O–H groups in total. The van der Waals surface area contributed by atoms with Crippen LogP contribution in [0.15, 0.2) is 48.5 Å². The van der Waals surface area contributed by atoms with E-state index in [0.29, 0.717) is 37.6 Å². The minimum absolute atomic E-state index is 0.0958. The third kappa shape index (κ3) is 4.93. The summed E-state index contributed by atoms with van der Waals surface area (Å²) in [4.78, 5) is 37.5. The fourth-order valence-corrected chi connectivity index (χ4v) is 3.36. The zero-order valence-corrected chi connectivity index (χ0v) is 16.3. The van der Waals surface area contributed by atoms with Crippen LogP contribution in [0, 0.1) is 5.92 Å². The predicted molar refractivity (Wildman–Crippen MR) is 108 cm³/mol. The second-order valence-corrected chi connectivity index (χ2v) is 6.85. The maximum Gasteiger partial charge on any atom is 0.335 e. The number of carboxylic acids is 1. The van der Waals surface area contributed by atoms with Crippen molar-refractivity contribution in [3.05, 3.63) is 59.7 Å². The molecule has 3 rings (SSSR count). The van der Waals surface area contributed by atoms with Gasteiger partial charge in [0.05, 0.1) is 23.8 Å². The number of aromatic carboxylic acids is 1. The van der Waals surface area contributed by atoms with Crippen LogP contribution in [0.4, 0.5) is 5.69 Å². The molecule has 0 radical (unpaired) electrons. The fraction of sp³-hybridized carbons (Fsp3) is 0.318. The Hall–Kier alpha value is -3.35. The molecule has 2 aromatic carbocycles. The van der Waals surface area contributed by atoms with E-state index in [1.54, 1.807) is 29.2 Å². The van der Waals surface area contributed by atoms with Gasteiger partial charge in [-0.1, -0.05) is 24.3 Å². The first-order valence-electron chi connectivity index (χ1n) is 9.61. The molecule has 0 aliphatic carbocycles. The summed E-state index contributed by atoms with van der Waals surface area (Å²) in [5, 5.41) is 11.8. The maximum atomic E-state index is 12.5. The number of hydrogen-bond donors (Lipinski definition) is 2. The molecule has 7 nitrogen and oxygen atoms in total. The summed E-state index contributed by atoms with van der Waals surface area (Å²) >= 11 is 0. The van der Waals surface area contributed by atoms with Crippen molar-refractivity contribution >= 4 is 23.5 Å². The van der Waals surface area contributed by atoms with Gasteiger partial charge in [-0.25, -0.2) is 4.79 Å². The number of para-hydroxylation sites is 2. The molecular formula is C22H24N2O5. The molecule has 152 valence electrons. The second kappa shape index (κ2) is 9.23. The van der Waals surface area contributed by atoms with E-state index < -0.39 is 11.9 Å². The SMILES string of the molecule is CCOc1ccccc1N1CC(C(=O)NCCc2ccc(C(=O)O)cc2)CC1=O. The average Bonchev–Trinajstić information content (AvgIpc) is 3.10. The predicted octanol–water partition coefficient (Wildman–Crippen LogP) is 2.50. The van der Waals surface area contributed by atoms with Crippen LogP contribution in [-0.2, 0) is 16.0 Å². The van der Waals surface area contributed by atoms with Gasteiger partial charge in [0.2, 0.25) is 11.8 Å². The van der Waals surface area contributed by atoms with E-state index in [2.05, 4.69) is 5.32 Å². The highest BCUT2D eigenvalue weighted by molar-refractivity contribution is 6.01. The number of rotatable bonds is 8. The van der Waals surface area contributed by atoms with Crippen LogP contribution < -0.4 is 15.0 Å². The number of anilines is 1. The van der Waals surface area contributed by atoms with E-state index in [-0.39, 0.29) is 23.8 Å². The van der Waals surface area contributed by atoms with Crippen LogP contribution in [0.1, 0.15) is 29.3 Å². The highest BCUT2D eigenvalue weighted by atomic mass is 16.5. The van der Waals surface area contributed by atoms with E-state index >= 15 is 0 Å². The van der Waals surface area contributed by atoms with Crippen LogP contribution >= 0.6 is 0 Å². The summed E-state index contributed by atoms with van der Waals surface area (Å²) < 4.78 is 5.60. The zero-order chi connectivity index (χ0) is 20.8. The number of amides is 2. The number of ether oxygens (including phenoxy) is 1. The van der Waals surface area contributed by atoms with Crippen molar-refractivity contribution in [2.24, 2.45) is 5.92 Å². The molecule has 1 fully saturated rings. The first-order valence-corrected chi connectivity index (χ1v) is 9.61. The smallest absolute Gasteiger partial charge is 0.335 e. The molecule has 0 saturated carbocycles. The Kier molecular flexibility index (Phi) is 6.49. The van der Waals surface area contributed by atoms with E-state index in [1.165, 1.54) is 0 Å². The van der Waals surface area contributed by atoms with Crippen LogP contribution in [0.3, 0.4) is 0 Å². The van der Waals surface area contributed by atoms with Crippen molar-refractivity contribution < 1.29 is 24.2 Å². The van der Waals surface area contributed by atoms with Gasteiger partial charge in [0.1, 0.15) is 5.75 Å². The Labute approximate surface area is 169 Å². The fourth-order valence-electron chi connectivity index (χ4n) is 3.36. The van der Waals surface area contributed by atoms with Crippen LogP contribution in [0.25, 0.3) is 0 Å². The lowest BCUT2D eigenvalue weighted by molar-refractivity contribution is -0.126. The van der Waals surface area contributed by atoms with Gasteiger partial charge in [-0.3, -0.25) is 9.59 Å². The van der Waals surface area contributed by atoms with Crippen molar-refractivity contribution in [2.75, 3.05) is 24.6 Å². The first-order chi connectivity index (χ1) is 14.0. The molecule has 0 bridgehead atoms. The molecule has 1 aliphatic rings. The van der Waals surface area contributed by atoms with Crippen LogP contribution in [0.2, 0.25) is 0 Å². The molecule has 7 heteroatoms. The molecule has 0 aromatic heterocycles. The summed E-state index contributed by atoms with van der Waals surface area (Å²) in [6, 6.07) is 13.9. The van der Waals surface area contributed by atoms with E-state index in [4.69, 9.17) is 9.84 Å². The Bertz CT molecular complexity index is 894. The lowest BCUT2D eigenvalue weighted by atomic mass is 10.1. The van der Waals surface area contributed by atoms with Crippen molar-refractivity contribution in [1.29, 1.82) is 0 Å². The topological polar surface area (TPSA) is 95.9 Å². The van der Waals surface area contributed by atoms with Crippen molar-refractivity contribution in [2.45, 2.75) is 19.8 Å². The average molecular weight is 396 g/mol. The molecule has 29 heavy (non-hydrogen) atoms. The molecule has 1 unspecified atom stereocenters. The highest BCUT2D eigenvalue weighted by Gasteiger charge is 2.36. The van der Waals surface area contributed by atoms with Crippen molar-refractivity contribution in [3.8, 4) is 5.75 Å². The largest absolute Gasteiger partial charge is 0.492 e. The summed E-state index contributed by atoms with van der Waals surface area (Å²) in [6.07, 6.45) is 0.753. The quantitative estimate of drug-likeness (QED) is 0.715. The molecule has 2 amide bonds. The van der Waals surface area contributed by atoms with Crippen LogP contribution in [0.5, 0.6) is 5.75 Å².